The van der Waals surface area contributed by atoms with E-state index >= 15 is 0 Å². The van der Waals surface area contributed by atoms with Gasteiger partial charge in [-0.2, -0.15) is 0 Å². The molecule has 0 bridgehead atoms. The van der Waals surface area contributed by atoms with Crippen molar-refractivity contribution in [3.8, 4) is 28.7 Å². The second-order valence-electron chi connectivity index (χ2n) is 13.1. The zero-order chi connectivity index (χ0) is 33.4. The van der Waals surface area contributed by atoms with Crippen LogP contribution in [0.1, 0.15) is 83.5 Å². The molecule has 5 heteroatoms. The van der Waals surface area contributed by atoms with E-state index in [4.69, 9.17) is 0 Å². The topological polar surface area (TPSA) is 101 Å². The predicted octanol–water partition coefficient (Wildman–Crippen LogP) is 8.74. The van der Waals surface area contributed by atoms with Gasteiger partial charge in [0.05, 0.1) is 0 Å². The third-order valence-corrected chi connectivity index (χ3v) is 8.97. The van der Waals surface area contributed by atoms with E-state index in [9.17, 15) is 25.5 Å². The van der Waals surface area contributed by atoms with Crippen molar-refractivity contribution in [1.29, 1.82) is 0 Å². The lowest BCUT2D eigenvalue weighted by Crippen LogP contribution is -2.00. The summed E-state index contributed by atoms with van der Waals surface area (Å²) < 4.78 is 0. The van der Waals surface area contributed by atoms with Gasteiger partial charge < -0.3 is 25.5 Å². The number of aryl methyl sites for hydroxylation is 7. The molecule has 0 spiro atoms. The molecule has 0 unspecified atom stereocenters. The lowest BCUT2D eigenvalue weighted by molar-refractivity contribution is 0.462. The van der Waals surface area contributed by atoms with Crippen LogP contribution in [0.4, 0.5) is 0 Å². The van der Waals surface area contributed by atoms with E-state index in [-0.39, 0.29) is 17.2 Å². The maximum absolute atomic E-state index is 11.5. The Morgan fingerprint density at radius 2 is 0.543 bits per heavy atom. The molecule has 0 aromatic heterocycles. The maximum atomic E-state index is 11.5. The fourth-order valence-electron chi connectivity index (χ4n) is 6.72. The molecule has 0 saturated carbocycles. The lowest BCUT2D eigenvalue weighted by atomic mass is 9.91. The van der Waals surface area contributed by atoms with Crippen LogP contribution in [-0.4, -0.2) is 25.5 Å². The summed E-state index contributed by atoms with van der Waals surface area (Å²) in [6.07, 6.45) is 2.06. The summed E-state index contributed by atoms with van der Waals surface area (Å²) in [4.78, 5) is 0. The minimum Gasteiger partial charge on any atom is -0.507 e. The van der Waals surface area contributed by atoms with E-state index in [2.05, 4.69) is 0 Å². The van der Waals surface area contributed by atoms with Gasteiger partial charge in [0.2, 0.25) is 0 Å². The molecule has 46 heavy (non-hydrogen) atoms. The highest BCUT2D eigenvalue weighted by molar-refractivity contribution is 5.54. The number of phenolic OH excluding ortho intramolecular Hbond substituents is 5. The van der Waals surface area contributed by atoms with E-state index in [1.807, 2.05) is 109 Å². The molecule has 238 valence electrons. The highest BCUT2D eigenvalue weighted by atomic mass is 16.3. The van der Waals surface area contributed by atoms with Crippen LogP contribution in [-0.2, 0) is 25.7 Å². The van der Waals surface area contributed by atoms with E-state index in [1.165, 1.54) is 0 Å². The molecule has 5 nitrogen and oxygen atoms in total. The first-order chi connectivity index (χ1) is 21.7. The van der Waals surface area contributed by atoms with Gasteiger partial charge in [-0.15, -0.1) is 0 Å². The fraction of sp³-hybridized carbons (Fsp3) is 0.268. The average Bonchev–Trinajstić information content (AvgIpc) is 2.98. The number of rotatable bonds is 8. The Labute approximate surface area is 272 Å². The van der Waals surface area contributed by atoms with E-state index in [0.29, 0.717) is 37.2 Å². The number of benzene rings is 5. The van der Waals surface area contributed by atoms with Gasteiger partial charge in [0.25, 0.3) is 0 Å². The van der Waals surface area contributed by atoms with Gasteiger partial charge in [0.1, 0.15) is 28.7 Å². The molecule has 0 aliphatic carbocycles. The average molecular weight is 617 g/mol. The molecule has 0 aliphatic heterocycles. The van der Waals surface area contributed by atoms with Gasteiger partial charge in [-0.05, 0) is 126 Å². The Kier molecular flexibility index (Phi) is 9.07. The second kappa shape index (κ2) is 12.8. The summed E-state index contributed by atoms with van der Waals surface area (Å²) in [5.41, 5.74) is 13.1. The molecule has 5 aromatic carbocycles. The molecule has 5 aromatic rings. The summed E-state index contributed by atoms with van der Waals surface area (Å²) in [6, 6.07) is 19.8. The van der Waals surface area contributed by atoms with Crippen LogP contribution in [0.25, 0.3) is 0 Å². The van der Waals surface area contributed by atoms with Crippen molar-refractivity contribution in [1.82, 2.24) is 0 Å². The molecule has 0 saturated heterocycles. The summed E-state index contributed by atoms with van der Waals surface area (Å²) in [5, 5.41) is 53.8. The van der Waals surface area contributed by atoms with E-state index in [0.717, 1.165) is 83.5 Å². The molecular formula is C41H44O5. The Bertz CT molecular complexity index is 1780. The van der Waals surface area contributed by atoms with Crippen molar-refractivity contribution in [3.05, 3.63) is 144 Å². The minimum atomic E-state index is 0.250. The van der Waals surface area contributed by atoms with Crippen LogP contribution in [0.5, 0.6) is 28.7 Å². The highest BCUT2D eigenvalue weighted by Crippen LogP contribution is 2.35. The predicted molar refractivity (Wildman–Crippen MR) is 185 cm³/mol. The first-order valence-electron chi connectivity index (χ1n) is 15.7. The quantitative estimate of drug-likeness (QED) is 0.120. The second-order valence-corrected chi connectivity index (χ2v) is 13.1. The third-order valence-electron chi connectivity index (χ3n) is 8.97. The molecule has 5 rings (SSSR count). The lowest BCUT2D eigenvalue weighted by Gasteiger charge is -2.16. The van der Waals surface area contributed by atoms with Crippen molar-refractivity contribution in [2.45, 2.75) is 74.1 Å². The van der Waals surface area contributed by atoms with E-state index < -0.39 is 0 Å². The van der Waals surface area contributed by atoms with Gasteiger partial charge >= 0.3 is 0 Å². The van der Waals surface area contributed by atoms with Gasteiger partial charge in [-0.25, -0.2) is 0 Å². The SMILES string of the molecule is Cc1cc(Cc2cc(C)c(O)c(Cc3cc(C)c(O)c(C)c3)c2)c(O)c(Cc2cc(C)c(O)c(Cc3cc(C)c(O)c(C)c3)c2)c1. The highest BCUT2D eigenvalue weighted by Gasteiger charge is 2.16. The number of hydrogen-bond acceptors (Lipinski definition) is 5. The van der Waals surface area contributed by atoms with Crippen LogP contribution in [0.2, 0.25) is 0 Å². The standard InChI is InChI=1S/C41H44O5/c1-22-8-33(18-31-14-27(6)39(44)35(20-31)16-29-10-23(2)37(42)24(3)11-29)41(46)34(9-22)19-32-15-28(7)40(45)36(21-32)17-30-12-25(4)38(43)26(5)13-30/h8-15,20-21,42-46H,16-19H2,1-7H3. The van der Waals surface area contributed by atoms with E-state index in [1.54, 1.807) is 0 Å². The Balaban J connectivity index is 1.43. The van der Waals surface area contributed by atoms with Gasteiger partial charge in [-0.3, -0.25) is 0 Å². The molecule has 0 atom stereocenters. The van der Waals surface area contributed by atoms with Crippen LogP contribution in [0, 0.1) is 48.5 Å². The van der Waals surface area contributed by atoms with Crippen LogP contribution < -0.4 is 0 Å². The maximum Gasteiger partial charge on any atom is 0.122 e. The van der Waals surface area contributed by atoms with Crippen molar-refractivity contribution in [2.75, 3.05) is 0 Å². The van der Waals surface area contributed by atoms with Gasteiger partial charge in [0.15, 0.2) is 0 Å². The monoisotopic (exact) mass is 616 g/mol. The largest absolute Gasteiger partial charge is 0.507 e. The zero-order valence-electron chi connectivity index (χ0n) is 27.8. The molecule has 0 heterocycles. The Morgan fingerprint density at radius 3 is 0.848 bits per heavy atom. The van der Waals surface area contributed by atoms with Crippen LogP contribution in [0.3, 0.4) is 0 Å². The normalized spacial score (nSPS) is 11.3. The molecule has 0 aliphatic rings. The van der Waals surface area contributed by atoms with Crippen LogP contribution >= 0.6 is 0 Å². The van der Waals surface area contributed by atoms with Crippen molar-refractivity contribution < 1.29 is 25.5 Å². The summed E-state index contributed by atoms with van der Waals surface area (Å²) in [6.45, 7) is 13.3. The van der Waals surface area contributed by atoms with Crippen LogP contribution in [0.15, 0.2) is 60.7 Å². The molecule has 5 N–H and O–H groups in total. The summed E-state index contributed by atoms with van der Waals surface area (Å²) in [5.74, 6) is 1.37. The fourth-order valence-corrected chi connectivity index (χ4v) is 6.72. The number of phenols is 5. The minimum absolute atomic E-state index is 0.250. The summed E-state index contributed by atoms with van der Waals surface area (Å²) >= 11 is 0. The molecule has 0 fully saturated rings. The number of hydrogen-bond donors (Lipinski definition) is 5. The molecule has 0 amide bonds. The van der Waals surface area contributed by atoms with Gasteiger partial charge in [0, 0.05) is 25.7 Å². The smallest absolute Gasteiger partial charge is 0.122 e. The van der Waals surface area contributed by atoms with Crippen molar-refractivity contribution >= 4 is 0 Å². The molecular weight excluding hydrogens is 572 g/mol. The Morgan fingerprint density at radius 1 is 0.304 bits per heavy atom. The number of aromatic hydroxyl groups is 5. The van der Waals surface area contributed by atoms with Crippen molar-refractivity contribution in [2.24, 2.45) is 0 Å². The first-order valence-corrected chi connectivity index (χ1v) is 15.7. The van der Waals surface area contributed by atoms with Gasteiger partial charge in [-0.1, -0.05) is 66.2 Å². The molecule has 0 radical (unpaired) electrons. The van der Waals surface area contributed by atoms with Crippen molar-refractivity contribution in [3.63, 3.8) is 0 Å². The zero-order valence-corrected chi connectivity index (χ0v) is 27.8. The third kappa shape index (κ3) is 6.84. The summed E-state index contributed by atoms with van der Waals surface area (Å²) in [7, 11) is 0. The Hall–Kier alpha value is -4.90. The first kappa shape index (κ1) is 32.5.